The van der Waals surface area contributed by atoms with Crippen molar-refractivity contribution in [2.45, 2.75) is 51.0 Å². The summed E-state index contributed by atoms with van der Waals surface area (Å²) in [5, 5.41) is 3.95. The zero-order valence-electron chi connectivity index (χ0n) is 23.1. The lowest BCUT2D eigenvalue weighted by atomic mass is 9.83. The Morgan fingerprint density at radius 3 is 2.65 bits per heavy atom. The molecule has 7 nitrogen and oxygen atoms in total. The number of rotatable bonds is 10. The molecule has 1 aromatic heterocycles. The zero-order chi connectivity index (χ0) is 29.1. The summed E-state index contributed by atoms with van der Waals surface area (Å²) >= 11 is 7.34. The summed E-state index contributed by atoms with van der Waals surface area (Å²) in [6.07, 6.45) is 10.8. The minimum atomic E-state index is -4.58. The van der Waals surface area contributed by atoms with E-state index in [1.165, 1.54) is 32.9 Å². The monoisotopic (exact) mass is 599 g/mol. The van der Waals surface area contributed by atoms with Crippen LogP contribution < -0.4 is 14.8 Å². The van der Waals surface area contributed by atoms with Crippen molar-refractivity contribution < 1.29 is 22.3 Å². The normalized spacial score (nSPS) is 16.1. The number of fused-ring (bicyclic) bond motifs is 2. The lowest BCUT2D eigenvalue weighted by molar-refractivity contribution is -0.665. The molecule has 4 rings (SSSR count). The molecule has 0 saturated heterocycles. The van der Waals surface area contributed by atoms with E-state index in [1.54, 1.807) is 17.4 Å². The highest BCUT2D eigenvalue weighted by Crippen LogP contribution is 2.48. The second-order valence-electron chi connectivity index (χ2n) is 10.2. The van der Waals surface area contributed by atoms with Crippen molar-refractivity contribution >= 4 is 60.9 Å². The molecule has 3 aromatic rings. The van der Waals surface area contributed by atoms with Gasteiger partial charge in [0.2, 0.25) is 11.4 Å². The number of alkyl halides is 1. The second kappa shape index (κ2) is 12.3. The van der Waals surface area contributed by atoms with Crippen molar-refractivity contribution in [1.29, 1.82) is 0 Å². The van der Waals surface area contributed by atoms with E-state index < -0.39 is 15.5 Å². The van der Waals surface area contributed by atoms with Crippen molar-refractivity contribution in [3.63, 3.8) is 0 Å². The molecule has 10 heteroatoms. The summed E-state index contributed by atoms with van der Waals surface area (Å²) in [7, 11) is -4.58. The number of halogens is 1. The molecule has 1 N–H and O–H groups in total. The van der Waals surface area contributed by atoms with Crippen LogP contribution in [0.25, 0.3) is 16.3 Å². The van der Waals surface area contributed by atoms with E-state index in [4.69, 9.17) is 11.6 Å². The average molecular weight is 600 g/mol. The van der Waals surface area contributed by atoms with Crippen LogP contribution in [0.1, 0.15) is 43.3 Å². The predicted molar refractivity (Wildman–Crippen MR) is 162 cm³/mol. The Labute approximate surface area is 245 Å². The quantitative estimate of drug-likeness (QED) is 0.110. The number of allylic oxidation sites excluding steroid dienone is 5. The molecule has 0 fully saturated rings. The van der Waals surface area contributed by atoms with Gasteiger partial charge in [0.15, 0.2) is 0 Å². The third kappa shape index (κ3) is 6.33. The maximum Gasteiger partial charge on any atom is 0.262 e. The summed E-state index contributed by atoms with van der Waals surface area (Å²) in [5.41, 5.74) is 4.52. The molecule has 0 unspecified atom stereocenters. The van der Waals surface area contributed by atoms with Gasteiger partial charge in [-0.25, -0.2) is 8.42 Å². The smallest absolute Gasteiger partial charge is 0.262 e. The molecule has 0 radical (unpaired) electrons. The van der Waals surface area contributed by atoms with Crippen LogP contribution in [0, 0.1) is 6.92 Å². The van der Waals surface area contributed by atoms with Crippen molar-refractivity contribution in [2.75, 3.05) is 23.9 Å². The number of aromatic nitrogens is 1. The molecular weight excluding hydrogens is 566 g/mol. The number of amides is 1. The van der Waals surface area contributed by atoms with Crippen LogP contribution >= 0.6 is 22.9 Å². The van der Waals surface area contributed by atoms with Gasteiger partial charge in [-0.15, -0.1) is 11.6 Å². The van der Waals surface area contributed by atoms with Crippen molar-refractivity contribution in [1.82, 2.24) is 5.32 Å². The molecule has 0 saturated carbocycles. The molecule has 1 aliphatic rings. The first kappa shape index (κ1) is 30.0. The van der Waals surface area contributed by atoms with Gasteiger partial charge in [0.05, 0.1) is 4.90 Å². The van der Waals surface area contributed by atoms with Crippen LogP contribution in [0.15, 0.2) is 71.3 Å². The summed E-state index contributed by atoms with van der Waals surface area (Å²) in [5.74, 6) is -0.313. The topological polar surface area (TPSA) is 93.4 Å². The molecule has 1 aliphatic heterocycles. The Morgan fingerprint density at radius 2 is 1.95 bits per heavy atom. The Morgan fingerprint density at radius 1 is 1.18 bits per heavy atom. The second-order valence-corrected chi connectivity index (χ2v) is 12.9. The molecular formula is C30H34ClN3O4S2. The number of carbonyl (C=O) groups excluding carboxylic acids is 1. The fourth-order valence-corrected chi connectivity index (χ4v) is 6.90. The van der Waals surface area contributed by atoms with E-state index >= 15 is 0 Å². The number of thiazole rings is 1. The van der Waals surface area contributed by atoms with E-state index in [2.05, 4.69) is 52.9 Å². The highest BCUT2D eigenvalue weighted by Gasteiger charge is 2.40. The number of carbonyl (C=O) groups is 1. The fraction of sp³-hybridized carbons (Fsp3) is 0.333. The summed E-state index contributed by atoms with van der Waals surface area (Å²) in [6.45, 7) is 10.2. The van der Waals surface area contributed by atoms with Crippen molar-refractivity contribution in [3.05, 3.63) is 82.5 Å². The van der Waals surface area contributed by atoms with Crippen LogP contribution in [0.2, 0.25) is 0 Å². The van der Waals surface area contributed by atoms with E-state index in [0.717, 1.165) is 23.5 Å². The first-order chi connectivity index (χ1) is 19.0. The van der Waals surface area contributed by atoms with Crippen LogP contribution in [-0.2, 0) is 26.9 Å². The summed E-state index contributed by atoms with van der Waals surface area (Å²) in [4.78, 5) is 13.4. The Hall–Kier alpha value is -2.98. The molecule has 1 amide bonds. The molecule has 2 heterocycles. The van der Waals surface area contributed by atoms with E-state index in [-0.39, 0.29) is 16.7 Å². The Bertz CT molecular complexity index is 1620. The third-order valence-electron chi connectivity index (χ3n) is 7.07. The minimum absolute atomic E-state index is 0.0884. The van der Waals surface area contributed by atoms with Gasteiger partial charge in [0.1, 0.15) is 27.2 Å². The zero-order valence-corrected chi connectivity index (χ0v) is 25.5. The number of hydrogen-bond donors (Lipinski definition) is 1. The minimum Gasteiger partial charge on any atom is -0.744 e. The molecule has 2 aromatic carbocycles. The van der Waals surface area contributed by atoms with Crippen molar-refractivity contribution in [3.8, 4) is 0 Å². The van der Waals surface area contributed by atoms with Gasteiger partial charge in [-0.05, 0) is 61.7 Å². The number of nitrogens with zero attached hydrogens (tertiary/aromatic N) is 2. The van der Waals surface area contributed by atoms with E-state index in [0.29, 0.717) is 19.5 Å². The van der Waals surface area contributed by atoms with Crippen molar-refractivity contribution in [2.24, 2.45) is 0 Å². The SMILES string of the molecule is CC[n+]1c(/C=C/C=C/C=C2\N(CCCNC(=O)CCl)c3ccc(S(=O)(=O)[O-])cc3C2(C)C)sc2cc(C)ccc21. The number of nitrogens with one attached hydrogen (secondary N) is 1. The third-order valence-corrected chi connectivity index (χ3v) is 9.26. The van der Waals surface area contributed by atoms with Gasteiger partial charge < -0.3 is 14.8 Å². The largest absolute Gasteiger partial charge is 0.744 e. The molecule has 212 valence electrons. The van der Waals surface area contributed by atoms with Crippen LogP contribution in [-0.4, -0.2) is 37.8 Å². The molecule has 40 heavy (non-hydrogen) atoms. The Kier molecular flexibility index (Phi) is 9.19. The van der Waals surface area contributed by atoms with Gasteiger partial charge in [-0.1, -0.05) is 49.5 Å². The number of hydrogen-bond acceptors (Lipinski definition) is 6. The fourth-order valence-electron chi connectivity index (χ4n) is 5.07. The molecule has 0 atom stereocenters. The van der Waals surface area contributed by atoms with Crippen LogP contribution in [0.4, 0.5) is 5.69 Å². The van der Waals surface area contributed by atoms with Gasteiger partial charge in [-0.2, -0.15) is 4.57 Å². The van der Waals surface area contributed by atoms with Gasteiger partial charge in [0, 0.05) is 42.0 Å². The van der Waals surface area contributed by atoms with Crippen LogP contribution in [0.5, 0.6) is 0 Å². The van der Waals surface area contributed by atoms with Gasteiger partial charge in [-0.3, -0.25) is 4.79 Å². The molecule has 0 spiro atoms. The highest BCUT2D eigenvalue weighted by molar-refractivity contribution is 7.85. The summed E-state index contributed by atoms with van der Waals surface area (Å²) in [6, 6.07) is 11.0. The van der Waals surface area contributed by atoms with E-state index in [9.17, 15) is 17.8 Å². The van der Waals surface area contributed by atoms with Gasteiger partial charge in [0.25, 0.3) is 5.01 Å². The maximum atomic E-state index is 11.7. The predicted octanol–water partition coefficient (Wildman–Crippen LogP) is 5.42. The lowest BCUT2D eigenvalue weighted by Gasteiger charge is -2.27. The first-order valence-corrected chi connectivity index (χ1v) is 15.9. The molecule has 0 aliphatic carbocycles. The maximum absolute atomic E-state index is 11.7. The average Bonchev–Trinajstić information content (AvgIpc) is 3.36. The number of anilines is 1. The van der Waals surface area contributed by atoms with Gasteiger partial charge >= 0.3 is 0 Å². The number of aryl methyl sites for hydroxylation is 2. The molecule has 0 bridgehead atoms. The van der Waals surface area contributed by atoms with Crippen LogP contribution in [0.3, 0.4) is 0 Å². The summed E-state index contributed by atoms with van der Waals surface area (Å²) < 4.78 is 38.8. The standard InChI is InChI=1S/C30H34ClN3O4S2/c1-5-33-25-14-12-21(2)18-26(25)39-29(33)11-8-6-7-10-27-30(3,4)23-19-22(40(36,37)38)13-15-24(23)34(27)17-9-16-32-28(35)20-31/h6-8,10-15,18-19H,5,9,16-17,20H2,1-4H3,(H-,32,35,36,37,38). The number of benzene rings is 2. The highest BCUT2D eigenvalue weighted by atomic mass is 35.5. The first-order valence-electron chi connectivity index (χ1n) is 13.2. The van der Waals surface area contributed by atoms with E-state index in [1.807, 2.05) is 38.2 Å². The lowest BCUT2D eigenvalue weighted by Crippen LogP contribution is -2.33. The Balaban J connectivity index is 1.61.